The Kier molecular flexibility index (Phi) is 8.58. The number of halogens is 2. The first-order valence-corrected chi connectivity index (χ1v) is 14.3. The second-order valence-electron chi connectivity index (χ2n) is 11.3. The van der Waals surface area contributed by atoms with E-state index in [0.717, 1.165) is 56.5 Å². The molecule has 5 rings (SSSR count). The maximum absolute atomic E-state index is 14.9. The first-order chi connectivity index (χ1) is 20.1. The van der Waals surface area contributed by atoms with Crippen molar-refractivity contribution < 1.29 is 27.9 Å². The molecule has 11 nitrogen and oxygen atoms in total. The summed E-state index contributed by atoms with van der Waals surface area (Å²) in [6, 6.07) is 4.82. The van der Waals surface area contributed by atoms with Gasteiger partial charge < -0.3 is 25.2 Å². The number of likely N-dealkylation sites (tertiary alicyclic amines) is 1. The highest BCUT2D eigenvalue weighted by Gasteiger charge is 2.48. The Balaban J connectivity index is 1.33. The number of ketones is 1. The normalized spacial score (nSPS) is 19.8. The number of hydrogen-bond donors (Lipinski definition) is 2. The fraction of sp³-hybridized carbons (Fsp3) is 0.552. The van der Waals surface area contributed by atoms with E-state index in [1.54, 1.807) is 30.0 Å². The first kappa shape index (κ1) is 29.6. The first-order valence-electron chi connectivity index (χ1n) is 14.3. The van der Waals surface area contributed by atoms with Crippen LogP contribution < -0.4 is 25.2 Å². The van der Waals surface area contributed by atoms with Crippen molar-refractivity contribution in [3.05, 3.63) is 30.0 Å². The minimum atomic E-state index is -3.56. The van der Waals surface area contributed by atoms with Crippen LogP contribution in [0.4, 0.5) is 31.9 Å². The van der Waals surface area contributed by atoms with Crippen molar-refractivity contribution in [2.24, 2.45) is 0 Å². The minimum Gasteiger partial charge on any atom is -0.495 e. The quantitative estimate of drug-likeness (QED) is 0.481. The van der Waals surface area contributed by atoms with Gasteiger partial charge in [-0.15, -0.1) is 0 Å². The van der Waals surface area contributed by atoms with Gasteiger partial charge in [-0.1, -0.05) is 12.8 Å². The number of fused-ring (bicyclic) bond motifs is 1. The minimum absolute atomic E-state index is 0.0117. The van der Waals surface area contributed by atoms with Crippen LogP contribution in [0.25, 0.3) is 0 Å². The van der Waals surface area contributed by atoms with Crippen molar-refractivity contribution in [2.45, 2.75) is 63.5 Å². The molecule has 0 bridgehead atoms. The molecule has 1 saturated heterocycles. The summed E-state index contributed by atoms with van der Waals surface area (Å²) in [4.78, 5) is 50.4. The maximum Gasteiger partial charge on any atom is 0.342 e. The third-order valence-corrected chi connectivity index (χ3v) is 8.21. The number of hydrogen-bond acceptors (Lipinski definition) is 9. The third-order valence-electron chi connectivity index (χ3n) is 8.21. The van der Waals surface area contributed by atoms with Crippen molar-refractivity contribution in [3.63, 3.8) is 0 Å². The molecule has 1 saturated carbocycles. The Morgan fingerprint density at radius 3 is 2.52 bits per heavy atom. The average Bonchev–Trinajstić information content (AvgIpc) is 3.49. The SMILES string of the molecule is COc1cc(C(=O)NC2CCN(CC(C)=O)CC2)ccc1Nc1ncc2c(n1)N(C1CCCC1)CC(F)(F)C(=O)N2C. The molecule has 1 aromatic heterocycles. The number of ether oxygens (including phenoxy) is 1. The van der Waals surface area contributed by atoms with Crippen molar-refractivity contribution in [2.75, 3.05) is 55.5 Å². The molecule has 2 amide bonds. The van der Waals surface area contributed by atoms with Crippen molar-refractivity contribution in [1.82, 2.24) is 20.2 Å². The van der Waals surface area contributed by atoms with Gasteiger partial charge in [0.2, 0.25) is 5.95 Å². The van der Waals surface area contributed by atoms with E-state index in [1.807, 2.05) is 0 Å². The van der Waals surface area contributed by atoms with E-state index in [0.29, 0.717) is 23.5 Å². The van der Waals surface area contributed by atoms with Gasteiger partial charge in [-0.3, -0.25) is 19.3 Å². The van der Waals surface area contributed by atoms with Crippen LogP contribution >= 0.6 is 0 Å². The Hall–Kier alpha value is -3.87. The molecule has 1 aliphatic carbocycles. The Bertz CT molecular complexity index is 1340. The van der Waals surface area contributed by atoms with E-state index in [1.165, 1.54) is 20.4 Å². The summed E-state index contributed by atoms with van der Waals surface area (Å²) in [6.07, 6.45) is 6.24. The number of alkyl halides is 2. The zero-order valence-corrected chi connectivity index (χ0v) is 24.2. The van der Waals surface area contributed by atoms with Gasteiger partial charge in [0.15, 0.2) is 5.82 Å². The molecule has 2 aromatic rings. The maximum atomic E-state index is 14.9. The van der Waals surface area contributed by atoms with Gasteiger partial charge in [-0.05, 0) is 50.8 Å². The highest BCUT2D eigenvalue weighted by molar-refractivity contribution is 6.02. The van der Waals surface area contributed by atoms with E-state index in [9.17, 15) is 23.2 Å². The molecule has 226 valence electrons. The number of amides is 2. The van der Waals surface area contributed by atoms with Crippen LogP contribution in [-0.4, -0.2) is 90.8 Å². The largest absolute Gasteiger partial charge is 0.495 e. The summed E-state index contributed by atoms with van der Waals surface area (Å²) in [7, 11) is 2.79. The number of aromatic nitrogens is 2. The molecular weight excluding hydrogens is 548 g/mol. The van der Waals surface area contributed by atoms with Crippen LogP contribution in [-0.2, 0) is 9.59 Å². The molecule has 13 heteroatoms. The summed E-state index contributed by atoms with van der Waals surface area (Å²) < 4.78 is 35.3. The van der Waals surface area contributed by atoms with E-state index in [4.69, 9.17) is 4.74 Å². The van der Waals surface area contributed by atoms with Crippen LogP contribution in [0.5, 0.6) is 5.75 Å². The predicted octanol–water partition coefficient (Wildman–Crippen LogP) is 3.37. The third kappa shape index (κ3) is 6.30. The zero-order valence-electron chi connectivity index (χ0n) is 24.2. The molecule has 2 fully saturated rings. The Morgan fingerprint density at radius 1 is 1.14 bits per heavy atom. The van der Waals surface area contributed by atoms with Gasteiger partial charge in [-0.2, -0.15) is 13.8 Å². The number of piperidine rings is 1. The van der Waals surface area contributed by atoms with Gasteiger partial charge in [0.1, 0.15) is 17.2 Å². The summed E-state index contributed by atoms with van der Waals surface area (Å²) in [5.74, 6) is -4.14. The topological polar surface area (TPSA) is 120 Å². The lowest BCUT2D eigenvalue weighted by molar-refractivity contribution is -0.140. The van der Waals surface area contributed by atoms with Crippen LogP contribution in [0.3, 0.4) is 0 Å². The second kappa shape index (κ2) is 12.2. The number of carbonyl (C=O) groups is 3. The predicted molar refractivity (Wildman–Crippen MR) is 154 cm³/mol. The van der Waals surface area contributed by atoms with Gasteiger partial charge in [0.25, 0.3) is 11.8 Å². The highest BCUT2D eigenvalue weighted by Crippen LogP contribution is 2.40. The lowest BCUT2D eigenvalue weighted by Gasteiger charge is -2.31. The number of anilines is 4. The molecular formula is C29H37F2N7O4. The molecule has 0 unspecified atom stereocenters. The van der Waals surface area contributed by atoms with Gasteiger partial charge >= 0.3 is 5.92 Å². The molecule has 0 spiro atoms. The standard InChI is InChI=1S/C29H37F2N7O4/c1-18(39)16-37-12-10-20(11-13-37)33-26(40)19-8-9-22(24(14-19)42-3)34-28-32-15-23-25(35-28)38(21-6-4-5-7-21)17-29(30,31)27(41)36(23)2/h8-9,14-15,20-21H,4-7,10-13,16-17H2,1-3H3,(H,33,40)(H,32,34,35). The second-order valence-corrected chi connectivity index (χ2v) is 11.3. The van der Waals surface area contributed by atoms with Crippen LogP contribution in [0, 0.1) is 0 Å². The van der Waals surface area contributed by atoms with Crippen LogP contribution in [0.15, 0.2) is 24.4 Å². The summed E-state index contributed by atoms with van der Waals surface area (Å²) in [5, 5.41) is 6.16. The fourth-order valence-corrected chi connectivity index (χ4v) is 5.98. The zero-order chi connectivity index (χ0) is 30.0. The Morgan fingerprint density at radius 2 is 1.86 bits per heavy atom. The molecule has 2 N–H and O–H groups in total. The number of nitrogens with one attached hydrogen (secondary N) is 2. The summed E-state index contributed by atoms with van der Waals surface area (Å²) in [6.45, 7) is 2.76. The number of Topliss-reactive ketones (excluding diaryl/α,β-unsaturated/α-hetero) is 1. The molecule has 0 radical (unpaired) electrons. The van der Waals surface area contributed by atoms with Gasteiger partial charge in [-0.25, -0.2) is 4.98 Å². The molecule has 42 heavy (non-hydrogen) atoms. The van der Waals surface area contributed by atoms with E-state index in [2.05, 4.69) is 25.5 Å². The van der Waals surface area contributed by atoms with Crippen LogP contribution in [0.1, 0.15) is 55.8 Å². The number of nitrogens with zero attached hydrogens (tertiary/aromatic N) is 5. The van der Waals surface area contributed by atoms with E-state index >= 15 is 0 Å². The monoisotopic (exact) mass is 585 g/mol. The fourth-order valence-electron chi connectivity index (χ4n) is 5.98. The molecule has 0 atom stereocenters. The van der Waals surface area contributed by atoms with Crippen molar-refractivity contribution in [1.29, 1.82) is 0 Å². The lowest BCUT2D eigenvalue weighted by atomic mass is 10.0. The van der Waals surface area contributed by atoms with Gasteiger partial charge in [0, 0.05) is 37.8 Å². The van der Waals surface area contributed by atoms with E-state index in [-0.39, 0.29) is 41.2 Å². The average molecular weight is 586 g/mol. The smallest absolute Gasteiger partial charge is 0.342 e. The van der Waals surface area contributed by atoms with Crippen LogP contribution in [0.2, 0.25) is 0 Å². The molecule has 3 aliphatic rings. The number of carbonyl (C=O) groups excluding carboxylic acids is 3. The van der Waals surface area contributed by atoms with E-state index < -0.39 is 18.4 Å². The Labute approximate surface area is 243 Å². The van der Waals surface area contributed by atoms with Gasteiger partial charge in [0.05, 0.1) is 32.1 Å². The highest BCUT2D eigenvalue weighted by atomic mass is 19.3. The summed E-state index contributed by atoms with van der Waals surface area (Å²) in [5.41, 5.74) is 1.13. The van der Waals surface area contributed by atoms with Crippen molar-refractivity contribution in [3.8, 4) is 5.75 Å². The molecule has 2 aliphatic heterocycles. The number of rotatable bonds is 8. The number of methoxy groups -OCH3 is 1. The summed E-state index contributed by atoms with van der Waals surface area (Å²) >= 11 is 0. The molecule has 1 aromatic carbocycles. The van der Waals surface area contributed by atoms with Crippen molar-refractivity contribution >= 4 is 40.7 Å². The lowest BCUT2D eigenvalue weighted by Crippen LogP contribution is -2.48. The molecule has 3 heterocycles. The number of benzene rings is 1.